The van der Waals surface area contributed by atoms with Crippen molar-refractivity contribution in [3.63, 3.8) is 0 Å². The number of carbonyl (C=O) groups excluding carboxylic acids is 1. The Morgan fingerprint density at radius 3 is 2.38 bits per heavy atom. The SMILES string of the molecule is CN(C(=O)c1cc(S(=O)(=O)N2CCCC2)cn1C)c1ccccc1. The highest BCUT2D eigenvalue weighted by Gasteiger charge is 2.30. The van der Waals surface area contributed by atoms with Crippen LogP contribution >= 0.6 is 0 Å². The van der Waals surface area contributed by atoms with E-state index in [9.17, 15) is 13.2 Å². The van der Waals surface area contributed by atoms with Crippen LogP contribution in [0.4, 0.5) is 5.69 Å². The molecule has 0 aliphatic carbocycles. The standard InChI is InChI=1S/C17H21N3O3S/c1-18-13-15(24(22,23)20-10-6-7-11-20)12-16(18)17(21)19(2)14-8-4-3-5-9-14/h3-5,8-9,12-13H,6-7,10-11H2,1-2H3. The molecular formula is C17H21N3O3S. The van der Waals surface area contributed by atoms with E-state index in [1.54, 1.807) is 18.7 Å². The number of hydrogen-bond donors (Lipinski definition) is 0. The summed E-state index contributed by atoms with van der Waals surface area (Å²) in [5, 5.41) is 0. The van der Waals surface area contributed by atoms with Crippen LogP contribution in [0.1, 0.15) is 23.3 Å². The number of anilines is 1. The van der Waals surface area contributed by atoms with E-state index in [0.29, 0.717) is 18.8 Å². The highest BCUT2D eigenvalue weighted by atomic mass is 32.2. The van der Waals surface area contributed by atoms with E-state index < -0.39 is 10.0 Å². The van der Waals surface area contributed by atoms with Crippen molar-refractivity contribution in [2.24, 2.45) is 7.05 Å². The van der Waals surface area contributed by atoms with Crippen molar-refractivity contribution in [3.8, 4) is 0 Å². The van der Waals surface area contributed by atoms with E-state index in [1.807, 2.05) is 30.3 Å². The smallest absolute Gasteiger partial charge is 0.274 e. The molecule has 0 radical (unpaired) electrons. The number of rotatable bonds is 4. The molecule has 7 heteroatoms. The number of aromatic nitrogens is 1. The first-order chi connectivity index (χ1) is 11.4. The Balaban J connectivity index is 1.90. The van der Waals surface area contributed by atoms with Gasteiger partial charge in [-0.2, -0.15) is 4.31 Å². The molecular weight excluding hydrogens is 326 g/mol. The molecule has 1 aliphatic rings. The molecule has 0 atom stereocenters. The lowest BCUT2D eigenvalue weighted by Crippen LogP contribution is -2.28. The average Bonchev–Trinajstić information content (AvgIpc) is 3.24. The summed E-state index contributed by atoms with van der Waals surface area (Å²) in [6, 6.07) is 10.7. The van der Waals surface area contributed by atoms with Crippen molar-refractivity contribution in [3.05, 3.63) is 48.3 Å². The fourth-order valence-corrected chi connectivity index (χ4v) is 4.50. The predicted octanol–water partition coefficient (Wildman–Crippen LogP) is 2.09. The molecule has 2 aromatic rings. The van der Waals surface area contributed by atoms with Crippen molar-refractivity contribution in [1.29, 1.82) is 0 Å². The van der Waals surface area contributed by atoms with Crippen LogP contribution in [0.2, 0.25) is 0 Å². The molecule has 0 saturated carbocycles. The zero-order chi connectivity index (χ0) is 17.3. The highest BCUT2D eigenvalue weighted by Crippen LogP contribution is 2.24. The van der Waals surface area contributed by atoms with Crippen molar-refractivity contribution < 1.29 is 13.2 Å². The molecule has 1 amide bonds. The zero-order valence-corrected chi connectivity index (χ0v) is 14.7. The first kappa shape index (κ1) is 16.7. The number of benzene rings is 1. The van der Waals surface area contributed by atoms with E-state index in [1.165, 1.54) is 21.5 Å². The summed E-state index contributed by atoms with van der Waals surface area (Å²) in [6.45, 7) is 1.09. The Kier molecular flexibility index (Phi) is 4.47. The Bertz CT molecular complexity index is 837. The van der Waals surface area contributed by atoms with Gasteiger partial charge in [0, 0.05) is 39.1 Å². The second kappa shape index (κ2) is 6.41. The second-order valence-electron chi connectivity index (χ2n) is 5.98. The molecule has 24 heavy (non-hydrogen) atoms. The summed E-state index contributed by atoms with van der Waals surface area (Å²) in [4.78, 5) is 14.4. The summed E-state index contributed by atoms with van der Waals surface area (Å²) in [5.41, 5.74) is 1.10. The predicted molar refractivity (Wildman–Crippen MR) is 92.6 cm³/mol. The minimum Gasteiger partial charge on any atom is -0.345 e. The van der Waals surface area contributed by atoms with Gasteiger partial charge in [-0.3, -0.25) is 4.79 Å². The molecule has 0 N–H and O–H groups in total. The molecule has 128 valence electrons. The van der Waals surface area contributed by atoms with E-state index >= 15 is 0 Å². The summed E-state index contributed by atoms with van der Waals surface area (Å²) >= 11 is 0. The highest BCUT2D eigenvalue weighted by molar-refractivity contribution is 7.89. The number of para-hydroxylation sites is 1. The van der Waals surface area contributed by atoms with E-state index in [-0.39, 0.29) is 10.8 Å². The van der Waals surface area contributed by atoms with Crippen LogP contribution in [0.25, 0.3) is 0 Å². The third-order valence-corrected chi connectivity index (χ3v) is 6.21. The molecule has 6 nitrogen and oxygen atoms in total. The normalized spacial score (nSPS) is 15.6. The average molecular weight is 347 g/mol. The lowest BCUT2D eigenvalue weighted by molar-refractivity contribution is 0.0985. The Hall–Kier alpha value is -2.12. The number of sulfonamides is 1. The van der Waals surface area contributed by atoms with Gasteiger partial charge in [-0.15, -0.1) is 0 Å². The molecule has 1 saturated heterocycles. The number of aryl methyl sites for hydroxylation is 1. The fraction of sp³-hybridized carbons (Fsp3) is 0.353. The third-order valence-electron chi connectivity index (χ3n) is 4.35. The molecule has 1 fully saturated rings. The van der Waals surface area contributed by atoms with E-state index in [4.69, 9.17) is 0 Å². The van der Waals surface area contributed by atoms with Crippen LogP contribution in [-0.4, -0.2) is 43.3 Å². The van der Waals surface area contributed by atoms with Gasteiger partial charge in [-0.05, 0) is 31.0 Å². The van der Waals surface area contributed by atoms with Gasteiger partial charge >= 0.3 is 0 Å². The lowest BCUT2D eigenvalue weighted by atomic mass is 10.3. The van der Waals surface area contributed by atoms with Gasteiger partial charge in [0.15, 0.2) is 0 Å². The Morgan fingerprint density at radius 1 is 1.12 bits per heavy atom. The van der Waals surface area contributed by atoms with Crippen molar-refractivity contribution in [2.45, 2.75) is 17.7 Å². The Labute approximate surface area is 142 Å². The quantitative estimate of drug-likeness (QED) is 0.851. The van der Waals surface area contributed by atoms with Crippen LogP contribution in [0.3, 0.4) is 0 Å². The largest absolute Gasteiger partial charge is 0.345 e. The summed E-state index contributed by atoms with van der Waals surface area (Å²) in [6.07, 6.45) is 3.28. The number of amides is 1. The molecule has 0 bridgehead atoms. The van der Waals surface area contributed by atoms with Crippen LogP contribution in [0, 0.1) is 0 Å². The molecule has 2 heterocycles. The Morgan fingerprint density at radius 2 is 1.75 bits per heavy atom. The van der Waals surface area contributed by atoms with Crippen molar-refractivity contribution in [2.75, 3.05) is 25.0 Å². The summed E-state index contributed by atoms with van der Waals surface area (Å²) < 4.78 is 28.4. The van der Waals surface area contributed by atoms with Gasteiger partial charge in [0.1, 0.15) is 10.6 Å². The van der Waals surface area contributed by atoms with Gasteiger partial charge in [0.05, 0.1) is 0 Å². The van der Waals surface area contributed by atoms with Crippen LogP contribution in [-0.2, 0) is 17.1 Å². The summed E-state index contributed by atoms with van der Waals surface area (Å²) in [7, 11) is -0.153. The topological polar surface area (TPSA) is 62.6 Å². The van der Waals surface area contributed by atoms with Gasteiger partial charge < -0.3 is 9.47 Å². The maximum Gasteiger partial charge on any atom is 0.274 e. The number of nitrogens with zero attached hydrogens (tertiary/aromatic N) is 3. The minimum atomic E-state index is -3.52. The molecule has 0 spiro atoms. The minimum absolute atomic E-state index is 0.178. The maximum atomic E-state index is 12.7. The number of hydrogen-bond acceptors (Lipinski definition) is 3. The second-order valence-corrected chi connectivity index (χ2v) is 7.92. The van der Waals surface area contributed by atoms with Gasteiger partial charge in [-0.25, -0.2) is 8.42 Å². The lowest BCUT2D eigenvalue weighted by Gasteiger charge is -2.17. The third kappa shape index (κ3) is 2.97. The van der Waals surface area contributed by atoms with Crippen molar-refractivity contribution >= 4 is 21.6 Å². The molecule has 1 aliphatic heterocycles. The zero-order valence-electron chi connectivity index (χ0n) is 13.8. The van der Waals surface area contributed by atoms with Crippen LogP contribution in [0.15, 0.2) is 47.5 Å². The monoisotopic (exact) mass is 347 g/mol. The number of carbonyl (C=O) groups is 1. The molecule has 1 aromatic heterocycles. The van der Waals surface area contributed by atoms with E-state index in [2.05, 4.69) is 0 Å². The van der Waals surface area contributed by atoms with Crippen LogP contribution in [0.5, 0.6) is 0 Å². The first-order valence-corrected chi connectivity index (χ1v) is 9.35. The molecule has 1 aromatic carbocycles. The molecule has 0 unspecified atom stereocenters. The van der Waals surface area contributed by atoms with Crippen molar-refractivity contribution in [1.82, 2.24) is 8.87 Å². The van der Waals surface area contributed by atoms with E-state index in [0.717, 1.165) is 18.5 Å². The van der Waals surface area contributed by atoms with Gasteiger partial charge in [0.2, 0.25) is 10.0 Å². The summed E-state index contributed by atoms with van der Waals surface area (Å²) in [5.74, 6) is -0.244. The fourth-order valence-electron chi connectivity index (χ4n) is 2.91. The van der Waals surface area contributed by atoms with Crippen LogP contribution < -0.4 is 4.90 Å². The maximum absolute atomic E-state index is 12.7. The molecule has 3 rings (SSSR count). The first-order valence-electron chi connectivity index (χ1n) is 7.91. The van der Waals surface area contributed by atoms with Gasteiger partial charge in [-0.1, -0.05) is 18.2 Å². The van der Waals surface area contributed by atoms with Gasteiger partial charge in [0.25, 0.3) is 5.91 Å².